The zero-order valence-electron chi connectivity index (χ0n) is 11.3. The number of nitrogens with zero attached hydrogens (tertiary/aromatic N) is 2. The van der Waals surface area contributed by atoms with Crippen molar-refractivity contribution >= 4 is 11.7 Å². The number of amides is 1. The van der Waals surface area contributed by atoms with Crippen LogP contribution in [-0.2, 0) is 0 Å². The number of anilines is 1. The molecule has 1 aliphatic carbocycles. The van der Waals surface area contributed by atoms with Gasteiger partial charge in [-0.05, 0) is 44.2 Å². The molecule has 0 unspecified atom stereocenters. The van der Waals surface area contributed by atoms with E-state index in [0.29, 0.717) is 11.5 Å². The number of allylic oxidation sites excluding steroid dienone is 1. The summed E-state index contributed by atoms with van der Waals surface area (Å²) in [6.07, 6.45) is 8.49. The van der Waals surface area contributed by atoms with Gasteiger partial charge in [-0.15, -0.1) is 10.2 Å². The third-order valence-electron chi connectivity index (χ3n) is 3.26. The number of nitrogens with one attached hydrogen (secondary N) is 2. The number of carbonyl (C=O) groups excluding carboxylic acids is 1. The molecule has 1 heterocycles. The number of hydrogen-bond acceptors (Lipinski definition) is 4. The van der Waals surface area contributed by atoms with E-state index in [0.717, 1.165) is 13.0 Å². The lowest BCUT2D eigenvalue weighted by atomic mass is 9.97. The second-order valence-corrected chi connectivity index (χ2v) is 4.67. The molecule has 0 saturated carbocycles. The molecular weight excluding hydrogens is 240 g/mol. The minimum Gasteiger partial charge on any atom is -0.368 e. The van der Waals surface area contributed by atoms with Gasteiger partial charge in [0.1, 0.15) is 5.82 Å². The molecule has 2 rings (SSSR count). The van der Waals surface area contributed by atoms with Crippen LogP contribution in [-0.4, -0.2) is 29.7 Å². The Morgan fingerprint density at radius 3 is 2.84 bits per heavy atom. The Labute approximate surface area is 113 Å². The summed E-state index contributed by atoms with van der Waals surface area (Å²) in [6, 6.07) is 3.46. The van der Waals surface area contributed by atoms with Crippen LogP contribution in [0.25, 0.3) is 0 Å². The highest BCUT2D eigenvalue weighted by Crippen LogP contribution is 2.19. The van der Waals surface area contributed by atoms with Gasteiger partial charge in [0.05, 0.1) is 0 Å². The third kappa shape index (κ3) is 4.05. The van der Waals surface area contributed by atoms with E-state index in [2.05, 4.69) is 26.9 Å². The summed E-state index contributed by atoms with van der Waals surface area (Å²) in [4.78, 5) is 11.3. The van der Waals surface area contributed by atoms with E-state index in [1.165, 1.54) is 31.3 Å². The maximum atomic E-state index is 11.3. The predicted octanol–water partition coefficient (Wildman–Crippen LogP) is 2.14. The molecule has 102 valence electrons. The lowest BCUT2D eigenvalue weighted by molar-refractivity contribution is 0.0957. The molecule has 1 aromatic heterocycles. The average Bonchev–Trinajstić information content (AvgIpc) is 2.48. The van der Waals surface area contributed by atoms with Gasteiger partial charge in [0.15, 0.2) is 5.69 Å². The first kappa shape index (κ1) is 13.5. The van der Waals surface area contributed by atoms with Crippen molar-refractivity contribution in [2.24, 2.45) is 0 Å². The molecule has 0 atom stereocenters. The SMILES string of the molecule is CNC(=O)c1ccc(NCCC2=CCCCC2)nn1. The number of carbonyl (C=O) groups is 1. The van der Waals surface area contributed by atoms with Gasteiger partial charge >= 0.3 is 0 Å². The molecule has 0 fully saturated rings. The summed E-state index contributed by atoms with van der Waals surface area (Å²) in [7, 11) is 1.58. The van der Waals surface area contributed by atoms with Crippen molar-refractivity contribution in [1.29, 1.82) is 0 Å². The second kappa shape index (κ2) is 6.87. The molecule has 0 aliphatic heterocycles. The van der Waals surface area contributed by atoms with Crippen molar-refractivity contribution in [1.82, 2.24) is 15.5 Å². The highest BCUT2D eigenvalue weighted by molar-refractivity contribution is 5.91. The Morgan fingerprint density at radius 2 is 2.21 bits per heavy atom. The van der Waals surface area contributed by atoms with Crippen LogP contribution >= 0.6 is 0 Å². The summed E-state index contributed by atoms with van der Waals surface area (Å²) in [5.41, 5.74) is 1.87. The monoisotopic (exact) mass is 260 g/mol. The highest BCUT2D eigenvalue weighted by Gasteiger charge is 2.06. The fraction of sp³-hybridized carbons (Fsp3) is 0.500. The van der Waals surface area contributed by atoms with Gasteiger partial charge in [0.2, 0.25) is 0 Å². The third-order valence-corrected chi connectivity index (χ3v) is 3.26. The molecule has 0 saturated heterocycles. The lowest BCUT2D eigenvalue weighted by Crippen LogP contribution is -2.19. The van der Waals surface area contributed by atoms with E-state index in [-0.39, 0.29) is 5.91 Å². The molecule has 0 bridgehead atoms. The fourth-order valence-electron chi connectivity index (χ4n) is 2.16. The molecule has 0 radical (unpaired) electrons. The summed E-state index contributed by atoms with van der Waals surface area (Å²) in [5.74, 6) is 0.496. The Balaban J connectivity index is 1.79. The maximum absolute atomic E-state index is 11.3. The molecule has 5 heteroatoms. The Kier molecular flexibility index (Phi) is 4.89. The van der Waals surface area contributed by atoms with E-state index in [1.807, 2.05) is 0 Å². The molecule has 5 nitrogen and oxygen atoms in total. The van der Waals surface area contributed by atoms with Gasteiger partial charge in [0, 0.05) is 13.6 Å². The van der Waals surface area contributed by atoms with Crippen molar-refractivity contribution in [2.45, 2.75) is 32.1 Å². The number of hydrogen-bond donors (Lipinski definition) is 2. The van der Waals surface area contributed by atoms with Crippen molar-refractivity contribution in [3.63, 3.8) is 0 Å². The van der Waals surface area contributed by atoms with E-state index >= 15 is 0 Å². The summed E-state index contributed by atoms with van der Waals surface area (Å²) in [6.45, 7) is 0.861. The van der Waals surface area contributed by atoms with Crippen LogP contribution in [0.2, 0.25) is 0 Å². The Hall–Kier alpha value is -1.91. The van der Waals surface area contributed by atoms with Crippen LogP contribution in [0.5, 0.6) is 0 Å². The minimum atomic E-state index is -0.216. The first-order valence-corrected chi connectivity index (χ1v) is 6.77. The minimum absolute atomic E-state index is 0.216. The number of rotatable bonds is 5. The zero-order chi connectivity index (χ0) is 13.5. The van der Waals surface area contributed by atoms with Crippen molar-refractivity contribution in [2.75, 3.05) is 18.9 Å². The van der Waals surface area contributed by atoms with Crippen molar-refractivity contribution < 1.29 is 4.79 Å². The molecular formula is C14H20N4O. The van der Waals surface area contributed by atoms with Gasteiger partial charge in [-0.2, -0.15) is 0 Å². The van der Waals surface area contributed by atoms with Crippen molar-refractivity contribution in [3.05, 3.63) is 29.5 Å². The summed E-state index contributed by atoms with van der Waals surface area (Å²) >= 11 is 0. The van der Waals surface area contributed by atoms with Crippen LogP contribution in [0.4, 0.5) is 5.82 Å². The standard InChI is InChI=1S/C14H20N4O/c1-15-14(19)12-7-8-13(18-17-12)16-10-9-11-5-3-2-4-6-11/h5,7-8H,2-4,6,9-10H2,1H3,(H,15,19)(H,16,18). The molecule has 19 heavy (non-hydrogen) atoms. The Morgan fingerprint density at radius 1 is 1.32 bits per heavy atom. The van der Waals surface area contributed by atoms with E-state index in [1.54, 1.807) is 19.2 Å². The van der Waals surface area contributed by atoms with E-state index in [9.17, 15) is 4.79 Å². The molecule has 0 aromatic carbocycles. The van der Waals surface area contributed by atoms with E-state index in [4.69, 9.17) is 0 Å². The topological polar surface area (TPSA) is 66.9 Å². The van der Waals surface area contributed by atoms with Crippen LogP contribution in [0.3, 0.4) is 0 Å². The first-order chi connectivity index (χ1) is 9.29. The van der Waals surface area contributed by atoms with Gasteiger partial charge < -0.3 is 10.6 Å². The van der Waals surface area contributed by atoms with Crippen LogP contribution in [0.1, 0.15) is 42.6 Å². The summed E-state index contributed by atoms with van der Waals surface area (Å²) < 4.78 is 0. The zero-order valence-corrected chi connectivity index (χ0v) is 11.3. The predicted molar refractivity (Wildman–Crippen MR) is 75.1 cm³/mol. The molecule has 1 aromatic rings. The van der Waals surface area contributed by atoms with Gasteiger partial charge in [0.25, 0.3) is 5.91 Å². The highest BCUT2D eigenvalue weighted by atomic mass is 16.1. The molecule has 0 spiro atoms. The van der Waals surface area contributed by atoms with Gasteiger partial charge in [-0.1, -0.05) is 11.6 Å². The second-order valence-electron chi connectivity index (χ2n) is 4.67. The first-order valence-electron chi connectivity index (χ1n) is 6.77. The molecule has 1 amide bonds. The normalized spacial score (nSPS) is 14.7. The number of aromatic nitrogens is 2. The lowest BCUT2D eigenvalue weighted by Gasteiger charge is -2.12. The van der Waals surface area contributed by atoms with E-state index < -0.39 is 0 Å². The van der Waals surface area contributed by atoms with Crippen molar-refractivity contribution in [3.8, 4) is 0 Å². The van der Waals surface area contributed by atoms with Gasteiger partial charge in [-0.25, -0.2) is 0 Å². The maximum Gasteiger partial charge on any atom is 0.271 e. The Bertz CT molecular complexity index is 453. The van der Waals surface area contributed by atoms with Gasteiger partial charge in [-0.3, -0.25) is 4.79 Å². The molecule has 1 aliphatic rings. The smallest absolute Gasteiger partial charge is 0.271 e. The largest absolute Gasteiger partial charge is 0.368 e. The fourth-order valence-corrected chi connectivity index (χ4v) is 2.16. The summed E-state index contributed by atoms with van der Waals surface area (Å²) in [5, 5.41) is 13.6. The molecule has 2 N–H and O–H groups in total. The van der Waals surface area contributed by atoms with Crippen LogP contribution in [0.15, 0.2) is 23.8 Å². The quantitative estimate of drug-likeness (QED) is 0.796. The van der Waals surface area contributed by atoms with Crippen LogP contribution in [0, 0.1) is 0 Å². The van der Waals surface area contributed by atoms with Crippen LogP contribution < -0.4 is 10.6 Å². The average molecular weight is 260 g/mol.